The van der Waals surface area contributed by atoms with Crippen molar-refractivity contribution in [2.24, 2.45) is 0 Å². The van der Waals surface area contributed by atoms with E-state index >= 15 is 0 Å². The normalized spacial score (nSPS) is 10.6. The summed E-state index contributed by atoms with van der Waals surface area (Å²) in [6, 6.07) is 6.31. The Kier molecular flexibility index (Phi) is 4.42. The lowest BCUT2D eigenvalue weighted by Gasteiger charge is -2.10. The van der Waals surface area contributed by atoms with Crippen molar-refractivity contribution in [2.45, 2.75) is 33.4 Å². The van der Waals surface area contributed by atoms with Gasteiger partial charge in [0.25, 0.3) is 0 Å². The van der Waals surface area contributed by atoms with Crippen LogP contribution >= 0.6 is 15.9 Å². The van der Waals surface area contributed by atoms with Crippen LogP contribution in [0, 0.1) is 6.92 Å². The molecule has 0 unspecified atom stereocenters. The van der Waals surface area contributed by atoms with Gasteiger partial charge in [0.1, 0.15) is 0 Å². The van der Waals surface area contributed by atoms with Crippen LogP contribution in [0.2, 0.25) is 0 Å². The first-order valence-electron chi connectivity index (χ1n) is 6.19. The van der Waals surface area contributed by atoms with E-state index in [4.69, 9.17) is 0 Å². The second-order valence-electron chi connectivity index (χ2n) is 4.40. The predicted molar refractivity (Wildman–Crippen MR) is 78.7 cm³/mol. The van der Waals surface area contributed by atoms with Crippen molar-refractivity contribution < 1.29 is 0 Å². The quantitative estimate of drug-likeness (QED) is 0.905. The van der Waals surface area contributed by atoms with Crippen molar-refractivity contribution in [3.63, 3.8) is 0 Å². The molecule has 0 aliphatic rings. The zero-order valence-electron chi connectivity index (χ0n) is 10.8. The molecule has 1 N–H and O–H groups in total. The Morgan fingerprint density at radius 2 is 2.22 bits per heavy atom. The van der Waals surface area contributed by atoms with E-state index in [9.17, 15) is 0 Å². The van der Waals surface area contributed by atoms with Crippen LogP contribution in [0.1, 0.15) is 24.6 Å². The first-order valence-corrected chi connectivity index (χ1v) is 6.99. The Morgan fingerprint density at radius 1 is 1.39 bits per heavy atom. The molecule has 0 saturated heterocycles. The number of anilines is 1. The number of halogens is 1. The van der Waals surface area contributed by atoms with Crippen LogP contribution in [-0.4, -0.2) is 9.55 Å². The Labute approximate surface area is 116 Å². The molecule has 0 radical (unpaired) electrons. The van der Waals surface area contributed by atoms with Crippen molar-refractivity contribution in [1.82, 2.24) is 9.55 Å². The standard InChI is InChI=1S/C14H18BrN3/c1-3-6-18-10-16-8-13(18)9-17-12-5-4-11(2)14(15)7-12/h4-5,7-8,10,17H,3,6,9H2,1-2H3. The molecule has 0 fully saturated rings. The molecule has 0 aliphatic carbocycles. The minimum atomic E-state index is 0.801. The zero-order chi connectivity index (χ0) is 13.0. The van der Waals surface area contributed by atoms with Gasteiger partial charge in [0, 0.05) is 22.9 Å². The monoisotopic (exact) mass is 307 g/mol. The van der Waals surface area contributed by atoms with E-state index in [1.54, 1.807) is 0 Å². The third-order valence-electron chi connectivity index (χ3n) is 2.91. The second-order valence-corrected chi connectivity index (χ2v) is 5.25. The van der Waals surface area contributed by atoms with Gasteiger partial charge >= 0.3 is 0 Å². The molecule has 2 rings (SSSR count). The molecule has 4 heteroatoms. The molecular weight excluding hydrogens is 290 g/mol. The number of benzene rings is 1. The van der Waals surface area contributed by atoms with Crippen molar-refractivity contribution in [1.29, 1.82) is 0 Å². The Balaban J connectivity index is 2.02. The average molecular weight is 308 g/mol. The van der Waals surface area contributed by atoms with E-state index in [2.05, 4.69) is 62.8 Å². The van der Waals surface area contributed by atoms with Gasteiger partial charge in [-0.15, -0.1) is 0 Å². The van der Waals surface area contributed by atoms with Gasteiger partial charge in [0.2, 0.25) is 0 Å². The number of hydrogen-bond acceptors (Lipinski definition) is 2. The van der Waals surface area contributed by atoms with Crippen molar-refractivity contribution in [3.8, 4) is 0 Å². The van der Waals surface area contributed by atoms with E-state index in [1.165, 1.54) is 11.3 Å². The summed E-state index contributed by atoms with van der Waals surface area (Å²) in [6.07, 6.45) is 4.94. The lowest BCUT2D eigenvalue weighted by Crippen LogP contribution is -2.06. The fourth-order valence-corrected chi connectivity index (χ4v) is 2.21. The van der Waals surface area contributed by atoms with Gasteiger partial charge in [0.15, 0.2) is 0 Å². The van der Waals surface area contributed by atoms with Gasteiger partial charge in [-0.1, -0.05) is 28.9 Å². The van der Waals surface area contributed by atoms with Gasteiger partial charge in [-0.3, -0.25) is 0 Å². The van der Waals surface area contributed by atoms with Gasteiger partial charge in [-0.05, 0) is 31.0 Å². The molecule has 0 aliphatic heterocycles. The third-order valence-corrected chi connectivity index (χ3v) is 3.76. The molecule has 18 heavy (non-hydrogen) atoms. The number of aromatic nitrogens is 2. The minimum absolute atomic E-state index is 0.801. The van der Waals surface area contributed by atoms with Gasteiger partial charge in [-0.2, -0.15) is 0 Å². The second kappa shape index (κ2) is 6.05. The molecule has 1 heterocycles. The van der Waals surface area contributed by atoms with Crippen molar-refractivity contribution >= 4 is 21.6 Å². The summed E-state index contributed by atoms with van der Waals surface area (Å²) in [6.45, 7) is 6.09. The lowest BCUT2D eigenvalue weighted by molar-refractivity contribution is 0.651. The molecule has 2 aromatic rings. The Morgan fingerprint density at radius 3 is 2.94 bits per heavy atom. The number of imidazole rings is 1. The summed E-state index contributed by atoms with van der Waals surface area (Å²) < 4.78 is 3.32. The molecule has 0 bridgehead atoms. The number of rotatable bonds is 5. The minimum Gasteiger partial charge on any atom is -0.379 e. The number of aryl methyl sites for hydroxylation is 2. The average Bonchev–Trinajstić information content (AvgIpc) is 2.79. The highest BCUT2D eigenvalue weighted by Crippen LogP contribution is 2.21. The van der Waals surface area contributed by atoms with Crippen LogP contribution in [0.3, 0.4) is 0 Å². The number of nitrogens with zero attached hydrogens (tertiary/aromatic N) is 2. The number of hydrogen-bond donors (Lipinski definition) is 1. The largest absolute Gasteiger partial charge is 0.379 e. The maximum Gasteiger partial charge on any atom is 0.0948 e. The Hall–Kier alpha value is -1.29. The first-order chi connectivity index (χ1) is 8.70. The molecule has 0 spiro atoms. The molecule has 1 aromatic carbocycles. The molecule has 0 amide bonds. The lowest BCUT2D eigenvalue weighted by atomic mass is 10.2. The zero-order valence-corrected chi connectivity index (χ0v) is 12.4. The van der Waals surface area contributed by atoms with Crippen LogP contribution in [0.5, 0.6) is 0 Å². The summed E-state index contributed by atoms with van der Waals surface area (Å²) in [4.78, 5) is 4.20. The van der Waals surface area contributed by atoms with E-state index in [-0.39, 0.29) is 0 Å². The summed E-state index contributed by atoms with van der Waals surface area (Å²) in [7, 11) is 0. The third kappa shape index (κ3) is 3.13. The SMILES string of the molecule is CCCn1cncc1CNc1ccc(C)c(Br)c1. The highest BCUT2D eigenvalue weighted by Gasteiger charge is 2.02. The predicted octanol–water partition coefficient (Wildman–Crippen LogP) is 3.98. The molecule has 96 valence electrons. The molecular formula is C14H18BrN3. The topological polar surface area (TPSA) is 29.9 Å². The fraction of sp³-hybridized carbons (Fsp3) is 0.357. The highest BCUT2D eigenvalue weighted by molar-refractivity contribution is 9.10. The van der Waals surface area contributed by atoms with E-state index in [0.717, 1.165) is 29.7 Å². The van der Waals surface area contributed by atoms with E-state index in [1.807, 2.05) is 12.5 Å². The summed E-state index contributed by atoms with van der Waals surface area (Å²) in [5.41, 5.74) is 3.59. The summed E-state index contributed by atoms with van der Waals surface area (Å²) >= 11 is 3.55. The smallest absolute Gasteiger partial charge is 0.0948 e. The molecule has 3 nitrogen and oxygen atoms in total. The highest BCUT2D eigenvalue weighted by atomic mass is 79.9. The summed E-state index contributed by atoms with van der Waals surface area (Å²) in [5, 5.41) is 3.42. The maximum atomic E-state index is 4.20. The molecule has 1 aromatic heterocycles. The van der Waals surface area contributed by atoms with Crippen LogP contribution in [0.15, 0.2) is 35.2 Å². The Bertz CT molecular complexity index is 520. The molecule has 0 atom stereocenters. The van der Waals surface area contributed by atoms with Crippen LogP contribution in [0.4, 0.5) is 5.69 Å². The van der Waals surface area contributed by atoms with Gasteiger partial charge in [0.05, 0.1) is 18.6 Å². The van der Waals surface area contributed by atoms with Crippen molar-refractivity contribution in [3.05, 3.63) is 46.5 Å². The van der Waals surface area contributed by atoms with Gasteiger partial charge in [-0.25, -0.2) is 4.98 Å². The van der Waals surface area contributed by atoms with Crippen molar-refractivity contribution in [2.75, 3.05) is 5.32 Å². The summed E-state index contributed by atoms with van der Waals surface area (Å²) in [5.74, 6) is 0. The maximum absolute atomic E-state index is 4.20. The van der Waals surface area contributed by atoms with Crippen LogP contribution in [-0.2, 0) is 13.1 Å². The first kappa shape index (κ1) is 13.1. The molecule has 0 saturated carbocycles. The van der Waals surface area contributed by atoms with E-state index in [0.29, 0.717) is 0 Å². The van der Waals surface area contributed by atoms with Gasteiger partial charge < -0.3 is 9.88 Å². The van der Waals surface area contributed by atoms with Crippen LogP contribution < -0.4 is 5.32 Å². The van der Waals surface area contributed by atoms with E-state index < -0.39 is 0 Å². The van der Waals surface area contributed by atoms with Crippen LogP contribution in [0.25, 0.3) is 0 Å². The number of nitrogens with one attached hydrogen (secondary N) is 1. The fourth-order valence-electron chi connectivity index (χ4n) is 1.83.